The van der Waals surface area contributed by atoms with Crippen molar-refractivity contribution in [3.63, 3.8) is 0 Å². The Balaban J connectivity index is 1.79. The number of carbonyl (C=O) groups excluding carboxylic acids is 1. The molecule has 0 heterocycles. The van der Waals surface area contributed by atoms with Gasteiger partial charge >= 0.3 is 0 Å². The van der Waals surface area contributed by atoms with E-state index in [9.17, 15) is 4.79 Å². The van der Waals surface area contributed by atoms with Gasteiger partial charge < -0.3 is 15.8 Å². The van der Waals surface area contributed by atoms with Crippen molar-refractivity contribution >= 4 is 51.5 Å². The molecule has 0 spiro atoms. The summed E-state index contributed by atoms with van der Waals surface area (Å²) in [5, 5.41) is 3.21. The van der Waals surface area contributed by atoms with E-state index < -0.39 is 0 Å². The summed E-state index contributed by atoms with van der Waals surface area (Å²) < 4.78 is 6.64. The fourth-order valence-electron chi connectivity index (χ4n) is 1.64. The molecule has 2 rings (SSSR count). The molecule has 0 aliphatic rings. The first-order valence-corrected chi connectivity index (χ1v) is 7.73. The second-order valence-corrected chi connectivity index (χ2v) is 5.99. The van der Waals surface area contributed by atoms with E-state index >= 15 is 0 Å². The van der Waals surface area contributed by atoms with Crippen molar-refractivity contribution in [2.45, 2.75) is 6.42 Å². The van der Waals surface area contributed by atoms with Gasteiger partial charge in [-0.3, -0.25) is 4.79 Å². The van der Waals surface area contributed by atoms with Crippen molar-refractivity contribution in [1.29, 1.82) is 0 Å². The minimum atomic E-state index is -0.137. The fourth-order valence-corrected chi connectivity index (χ4v) is 2.11. The zero-order valence-electron chi connectivity index (χ0n) is 11.1. The van der Waals surface area contributed by atoms with Crippen LogP contribution in [0.3, 0.4) is 0 Å². The molecule has 3 N–H and O–H groups in total. The van der Waals surface area contributed by atoms with E-state index in [4.69, 9.17) is 22.1 Å². The third-order valence-electron chi connectivity index (χ3n) is 2.69. The van der Waals surface area contributed by atoms with Gasteiger partial charge in [0.05, 0.1) is 23.7 Å². The topological polar surface area (TPSA) is 64.3 Å². The van der Waals surface area contributed by atoms with Crippen molar-refractivity contribution in [2.75, 3.05) is 17.7 Å². The Kier molecular flexibility index (Phi) is 5.69. The molecule has 0 aliphatic carbocycles. The van der Waals surface area contributed by atoms with E-state index in [0.29, 0.717) is 23.0 Å². The van der Waals surface area contributed by atoms with Gasteiger partial charge in [-0.1, -0.05) is 11.6 Å². The van der Waals surface area contributed by atoms with Crippen LogP contribution in [0.1, 0.15) is 6.42 Å². The number of nitrogens with one attached hydrogen (secondary N) is 1. The highest BCUT2D eigenvalue weighted by Crippen LogP contribution is 2.22. The lowest BCUT2D eigenvalue weighted by Gasteiger charge is -2.08. The molecule has 0 unspecified atom stereocenters. The van der Waals surface area contributed by atoms with Gasteiger partial charge in [0.2, 0.25) is 5.91 Å². The number of amides is 1. The number of hydrogen-bond donors (Lipinski definition) is 2. The average Bonchev–Trinajstić information content (AvgIpc) is 2.45. The van der Waals surface area contributed by atoms with Crippen molar-refractivity contribution in [2.24, 2.45) is 0 Å². The summed E-state index contributed by atoms with van der Waals surface area (Å²) in [6.07, 6.45) is 0.258. The van der Waals surface area contributed by atoms with Gasteiger partial charge in [0.25, 0.3) is 0 Å². The quantitative estimate of drug-likeness (QED) is 0.573. The highest BCUT2D eigenvalue weighted by Gasteiger charge is 2.05. The monoisotopic (exact) mass is 416 g/mol. The maximum absolute atomic E-state index is 11.8. The van der Waals surface area contributed by atoms with Crippen LogP contribution >= 0.6 is 34.2 Å². The van der Waals surface area contributed by atoms with Crippen LogP contribution in [0.15, 0.2) is 42.5 Å². The molecule has 0 aliphatic heterocycles. The van der Waals surface area contributed by atoms with Crippen molar-refractivity contribution in [3.05, 3.63) is 51.1 Å². The lowest BCUT2D eigenvalue weighted by molar-refractivity contribution is -0.116. The summed E-state index contributed by atoms with van der Waals surface area (Å²) in [6, 6.07) is 12.6. The Morgan fingerprint density at radius 2 is 1.95 bits per heavy atom. The normalized spacial score (nSPS) is 10.2. The van der Waals surface area contributed by atoms with E-state index in [0.717, 1.165) is 9.32 Å². The highest BCUT2D eigenvalue weighted by atomic mass is 127. The molecular weight excluding hydrogens is 403 g/mol. The summed E-state index contributed by atoms with van der Waals surface area (Å²) in [6.45, 7) is 0.315. The summed E-state index contributed by atoms with van der Waals surface area (Å²) in [5.74, 6) is 0.612. The zero-order valence-corrected chi connectivity index (χ0v) is 14.0. The van der Waals surface area contributed by atoms with Gasteiger partial charge in [0.15, 0.2) is 0 Å². The fraction of sp³-hybridized carbons (Fsp3) is 0.133. The number of nitrogens with two attached hydrogens (primary N) is 1. The first kappa shape index (κ1) is 15.9. The van der Waals surface area contributed by atoms with Crippen LogP contribution in [0, 0.1) is 3.57 Å². The number of anilines is 2. The molecular formula is C15H14ClIN2O2. The Labute approximate surface area is 141 Å². The lowest BCUT2D eigenvalue weighted by atomic mass is 10.2. The van der Waals surface area contributed by atoms with Crippen LogP contribution in [-0.2, 0) is 4.79 Å². The van der Waals surface area contributed by atoms with Crippen molar-refractivity contribution in [1.82, 2.24) is 0 Å². The molecule has 0 atom stereocenters. The largest absolute Gasteiger partial charge is 0.493 e. The highest BCUT2D eigenvalue weighted by molar-refractivity contribution is 14.1. The van der Waals surface area contributed by atoms with Crippen LogP contribution in [-0.4, -0.2) is 12.5 Å². The van der Waals surface area contributed by atoms with E-state index in [1.54, 1.807) is 18.2 Å². The predicted molar refractivity (Wildman–Crippen MR) is 93.8 cm³/mol. The molecule has 0 saturated carbocycles. The molecule has 0 radical (unpaired) electrons. The molecule has 110 valence electrons. The molecule has 0 fully saturated rings. The maximum atomic E-state index is 11.8. The van der Waals surface area contributed by atoms with E-state index in [1.807, 2.05) is 24.3 Å². The third kappa shape index (κ3) is 5.09. The van der Waals surface area contributed by atoms with Crippen LogP contribution in [0.25, 0.3) is 0 Å². The Morgan fingerprint density at radius 1 is 1.24 bits per heavy atom. The molecule has 2 aromatic rings. The summed E-state index contributed by atoms with van der Waals surface area (Å²) in [4.78, 5) is 11.8. The van der Waals surface area contributed by atoms with E-state index in [-0.39, 0.29) is 12.3 Å². The lowest BCUT2D eigenvalue weighted by Crippen LogP contribution is -2.15. The standard InChI is InChI=1S/C15H14ClIN2O2/c16-13-6-3-11(9-14(13)18)19-15(20)7-8-21-12-4-1-10(17)2-5-12/h1-6,9H,7-8,18H2,(H,19,20). The maximum Gasteiger partial charge on any atom is 0.227 e. The number of rotatable bonds is 5. The van der Waals surface area contributed by atoms with Gasteiger partial charge in [0.1, 0.15) is 5.75 Å². The van der Waals surface area contributed by atoms with E-state index in [1.165, 1.54) is 0 Å². The smallest absolute Gasteiger partial charge is 0.227 e. The first-order valence-electron chi connectivity index (χ1n) is 6.28. The second-order valence-electron chi connectivity index (χ2n) is 4.34. The van der Waals surface area contributed by atoms with Gasteiger partial charge in [-0.25, -0.2) is 0 Å². The number of halogens is 2. The Hall–Kier alpha value is -1.47. The number of benzene rings is 2. The average molecular weight is 417 g/mol. The molecule has 6 heteroatoms. The zero-order chi connectivity index (χ0) is 15.2. The van der Waals surface area contributed by atoms with Gasteiger partial charge in [-0.05, 0) is 65.1 Å². The van der Waals surface area contributed by atoms with Crippen molar-refractivity contribution < 1.29 is 9.53 Å². The number of ether oxygens (including phenoxy) is 1. The minimum Gasteiger partial charge on any atom is -0.493 e. The summed E-state index contributed by atoms with van der Waals surface area (Å²) >= 11 is 8.04. The number of nitrogen functional groups attached to an aromatic ring is 1. The molecule has 0 saturated heterocycles. The van der Waals surface area contributed by atoms with Crippen LogP contribution in [0.2, 0.25) is 5.02 Å². The molecule has 0 bridgehead atoms. The first-order chi connectivity index (χ1) is 10.0. The molecule has 4 nitrogen and oxygen atoms in total. The van der Waals surface area contributed by atoms with Crippen molar-refractivity contribution in [3.8, 4) is 5.75 Å². The second kappa shape index (κ2) is 7.51. The molecule has 0 aromatic heterocycles. The SMILES string of the molecule is Nc1cc(NC(=O)CCOc2ccc(I)cc2)ccc1Cl. The third-order valence-corrected chi connectivity index (χ3v) is 3.75. The molecule has 1 amide bonds. The Morgan fingerprint density at radius 3 is 2.62 bits per heavy atom. The number of carbonyl (C=O) groups is 1. The van der Waals surface area contributed by atoms with E-state index in [2.05, 4.69) is 27.9 Å². The Bertz CT molecular complexity index is 632. The van der Waals surface area contributed by atoms with Gasteiger partial charge in [-0.15, -0.1) is 0 Å². The summed E-state index contributed by atoms with van der Waals surface area (Å²) in [5.41, 5.74) is 6.73. The molecule has 2 aromatic carbocycles. The minimum absolute atomic E-state index is 0.137. The molecule has 21 heavy (non-hydrogen) atoms. The number of hydrogen-bond acceptors (Lipinski definition) is 3. The van der Waals surface area contributed by atoms with Crippen LogP contribution in [0.4, 0.5) is 11.4 Å². The van der Waals surface area contributed by atoms with Gasteiger partial charge in [-0.2, -0.15) is 0 Å². The predicted octanol–water partition coefficient (Wildman–Crippen LogP) is 3.93. The van der Waals surface area contributed by atoms with Crippen LogP contribution in [0.5, 0.6) is 5.75 Å². The summed E-state index contributed by atoms with van der Waals surface area (Å²) in [7, 11) is 0. The van der Waals surface area contributed by atoms with Gasteiger partial charge in [0, 0.05) is 9.26 Å². The van der Waals surface area contributed by atoms with Crippen LogP contribution < -0.4 is 15.8 Å².